The molecule has 0 saturated heterocycles. The molecule has 0 atom stereocenters. The van der Waals surface area contributed by atoms with E-state index in [-0.39, 0.29) is 11.3 Å². The molecule has 0 unspecified atom stereocenters. The van der Waals surface area contributed by atoms with Gasteiger partial charge in [-0.05, 0) is 29.0 Å². The fourth-order valence-electron chi connectivity index (χ4n) is 1.74. The molecule has 3 N–H and O–H groups in total. The SMILES string of the molecule is CC(C)CNC(=O)C(=O)NNC(=O)c1ccc(C(C)(C)C)cc1. The van der Waals surface area contributed by atoms with E-state index < -0.39 is 17.7 Å². The maximum atomic E-state index is 11.9. The summed E-state index contributed by atoms with van der Waals surface area (Å²) in [5.41, 5.74) is 5.83. The number of benzene rings is 1. The smallest absolute Gasteiger partial charge is 0.327 e. The predicted octanol–water partition coefficient (Wildman–Crippen LogP) is 1.52. The van der Waals surface area contributed by atoms with E-state index in [9.17, 15) is 14.4 Å². The van der Waals surface area contributed by atoms with Crippen LogP contribution < -0.4 is 16.2 Å². The highest BCUT2D eigenvalue weighted by Gasteiger charge is 2.16. The van der Waals surface area contributed by atoms with Crippen LogP contribution >= 0.6 is 0 Å². The molecule has 0 aromatic heterocycles. The molecule has 0 bridgehead atoms. The third-order valence-electron chi connectivity index (χ3n) is 3.18. The lowest BCUT2D eigenvalue weighted by atomic mass is 9.87. The van der Waals surface area contributed by atoms with Gasteiger partial charge in [0.1, 0.15) is 0 Å². The van der Waals surface area contributed by atoms with Crippen molar-refractivity contribution in [2.75, 3.05) is 6.54 Å². The molecule has 1 aromatic rings. The molecule has 0 radical (unpaired) electrons. The van der Waals surface area contributed by atoms with Crippen LogP contribution in [-0.2, 0) is 15.0 Å². The summed E-state index contributed by atoms with van der Waals surface area (Å²) < 4.78 is 0. The summed E-state index contributed by atoms with van der Waals surface area (Å²) in [5.74, 6) is -1.91. The first-order valence-electron chi connectivity index (χ1n) is 7.60. The van der Waals surface area contributed by atoms with Crippen LogP contribution in [0.2, 0.25) is 0 Å². The maximum absolute atomic E-state index is 11.9. The van der Waals surface area contributed by atoms with Gasteiger partial charge >= 0.3 is 11.8 Å². The molecular weight excluding hydrogens is 294 g/mol. The van der Waals surface area contributed by atoms with Crippen LogP contribution in [0.15, 0.2) is 24.3 Å². The van der Waals surface area contributed by atoms with Crippen molar-refractivity contribution in [1.29, 1.82) is 0 Å². The van der Waals surface area contributed by atoms with Crippen molar-refractivity contribution in [3.8, 4) is 0 Å². The van der Waals surface area contributed by atoms with E-state index in [2.05, 4.69) is 36.9 Å². The molecule has 0 heterocycles. The molecule has 23 heavy (non-hydrogen) atoms. The Kier molecular flexibility index (Phi) is 6.30. The number of nitrogens with one attached hydrogen (secondary N) is 3. The first-order chi connectivity index (χ1) is 10.6. The van der Waals surface area contributed by atoms with Crippen LogP contribution in [0.1, 0.15) is 50.5 Å². The maximum Gasteiger partial charge on any atom is 0.327 e. The molecule has 0 fully saturated rings. The van der Waals surface area contributed by atoms with E-state index in [4.69, 9.17) is 0 Å². The van der Waals surface area contributed by atoms with Crippen molar-refractivity contribution in [3.63, 3.8) is 0 Å². The zero-order valence-corrected chi connectivity index (χ0v) is 14.3. The Morgan fingerprint density at radius 1 is 0.957 bits per heavy atom. The molecule has 126 valence electrons. The lowest BCUT2D eigenvalue weighted by molar-refractivity contribution is -0.139. The fourth-order valence-corrected chi connectivity index (χ4v) is 1.74. The van der Waals surface area contributed by atoms with Gasteiger partial charge in [-0.25, -0.2) is 0 Å². The molecule has 0 aliphatic rings. The molecule has 0 spiro atoms. The van der Waals surface area contributed by atoms with Crippen molar-refractivity contribution in [2.24, 2.45) is 5.92 Å². The summed E-state index contributed by atoms with van der Waals surface area (Å²) in [6.07, 6.45) is 0. The third-order valence-corrected chi connectivity index (χ3v) is 3.18. The highest BCUT2D eigenvalue weighted by Crippen LogP contribution is 2.22. The number of carbonyl (C=O) groups excluding carboxylic acids is 3. The van der Waals surface area contributed by atoms with Gasteiger partial charge in [0.15, 0.2) is 0 Å². The first kappa shape index (κ1) is 18.7. The Labute approximate surface area is 137 Å². The monoisotopic (exact) mass is 319 g/mol. The highest BCUT2D eigenvalue weighted by atomic mass is 16.2. The van der Waals surface area contributed by atoms with Crippen LogP contribution in [0.3, 0.4) is 0 Å². The van der Waals surface area contributed by atoms with Crippen molar-refractivity contribution in [3.05, 3.63) is 35.4 Å². The van der Waals surface area contributed by atoms with Crippen molar-refractivity contribution < 1.29 is 14.4 Å². The average molecular weight is 319 g/mol. The zero-order valence-electron chi connectivity index (χ0n) is 14.3. The Hall–Kier alpha value is -2.37. The quantitative estimate of drug-likeness (QED) is 0.583. The molecule has 3 amide bonds. The summed E-state index contributed by atoms with van der Waals surface area (Å²) in [5, 5.41) is 2.47. The van der Waals surface area contributed by atoms with Gasteiger partial charge in [0.05, 0.1) is 0 Å². The van der Waals surface area contributed by atoms with Gasteiger partial charge in [-0.15, -0.1) is 0 Å². The Morgan fingerprint density at radius 2 is 1.52 bits per heavy atom. The van der Waals surface area contributed by atoms with E-state index in [1.54, 1.807) is 12.1 Å². The van der Waals surface area contributed by atoms with Gasteiger partial charge in [-0.1, -0.05) is 46.8 Å². The standard InChI is InChI=1S/C17H25N3O3/c1-11(2)10-18-15(22)16(23)20-19-14(21)12-6-8-13(9-7-12)17(3,4)5/h6-9,11H,10H2,1-5H3,(H,18,22)(H,19,21)(H,20,23). The first-order valence-corrected chi connectivity index (χ1v) is 7.60. The molecular formula is C17H25N3O3. The second kappa shape index (κ2) is 7.76. The summed E-state index contributed by atoms with van der Waals surface area (Å²) in [4.78, 5) is 35.0. The highest BCUT2D eigenvalue weighted by molar-refractivity contribution is 6.35. The lowest BCUT2D eigenvalue weighted by Crippen LogP contribution is -2.49. The molecule has 6 heteroatoms. The normalized spacial score (nSPS) is 11.0. The van der Waals surface area contributed by atoms with Crippen LogP contribution in [0, 0.1) is 5.92 Å². The van der Waals surface area contributed by atoms with Crippen LogP contribution in [-0.4, -0.2) is 24.3 Å². The summed E-state index contributed by atoms with van der Waals surface area (Å²) in [6, 6.07) is 7.10. The van der Waals surface area contributed by atoms with Crippen LogP contribution in [0.4, 0.5) is 0 Å². The Bertz CT molecular complexity index is 572. The van der Waals surface area contributed by atoms with Crippen molar-refractivity contribution in [1.82, 2.24) is 16.2 Å². The van der Waals surface area contributed by atoms with Gasteiger partial charge in [0, 0.05) is 12.1 Å². The van der Waals surface area contributed by atoms with Crippen molar-refractivity contribution >= 4 is 17.7 Å². The molecule has 0 aliphatic heterocycles. The van der Waals surface area contributed by atoms with E-state index in [1.807, 2.05) is 26.0 Å². The van der Waals surface area contributed by atoms with Crippen LogP contribution in [0.25, 0.3) is 0 Å². The molecule has 0 aliphatic carbocycles. The van der Waals surface area contributed by atoms with Gasteiger partial charge in [-0.2, -0.15) is 0 Å². The number of rotatable bonds is 3. The van der Waals surface area contributed by atoms with Gasteiger partial charge < -0.3 is 5.32 Å². The predicted molar refractivity (Wildman–Crippen MR) is 88.6 cm³/mol. The minimum absolute atomic E-state index is 0.00226. The number of hydrogen-bond acceptors (Lipinski definition) is 3. The van der Waals surface area contributed by atoms with Gasteiger partial charge in [-0.3, -0.25) is 25.2 Å². The zero-order chi connectivity index (χ0) is 17.6. The van der Waals surface area contributed by atoms with Crippen LogP contribution in [0.5, 0.6) is 0 Å². The average Bonchev–Trinajstić information content (AvgIpc) is 2.49. The van der Waals surface area contributed by atoms with Gasteiger partial charge in [0.2, 0.25) is 0 Å². The Balaban J connectivity index is 2.53. The molecule has 1 aromatic carbocycles. The Morgan fingerprint density at radius 3 is 2.00 bits per heavy atom. The third kappa shape index (κ3) is 6.10. The number of hydrogen-bond donors (Lipinski definition) is 3. The molecule has 0 saturated carbocycles. The van der Waals surface area contributed by atoms with E-state index in [0.29, 0.717) is 12.1 Å². The summed E-state index contributed by atoms with van der Waals surface area (Å²) in [6.45, 7) is 10.5. The summed E-state index contributed by atoms with van der Waals surface area (Å²) in [7, 11) is 0. The number of hydrazine groups is 1. The fraction of sp³-hybridized carbons (Fsp3) is 0.471. The second-order valence-electron chi connectivity index (χ2n) is 6.84. The second-order valence-corrected chi connectivity index (χ2v) is 6.84. The topological polar surface area (TPSA) is 87.3 Å². The number of carbonyl (C=O) groups is 3. The van der Waals surface area contributed by atoms with E-state index >= 15 is 0 Å². The van der Waals surface area contributed by atoms with Gasteiger partial charge in [0.25, 0.3) is 5.91 Å². The van der Waals surface area contributed by atoms with E-state index in [1.165, 1.54) is 0 Å². The van der Waals surface area contributed by atoms with E-state index in [0.717, 1.165) is 5.56 Å². The largest absolute Gasteiger partial charge is 0.348 e. The van der Waals surface area contributed by atoms with Crippen molar-refractivity contribution in [2.45, 2.75) is 40.0 Å². The number of amides is 3. The molecule has 6 nitrogen and oxygen atoms in total. The molecule has 1 rings (SSSR count). The minimum Gasteiger partial charge on any atom is -0.348 e. The minimum atomic E-state index is -0.898. The lowest BCUT2D eigenvalue weighted by Gasteiger charge is -2.19. The summed E-state index contributed by atoms with van der Waals surface area (Å²) >= 11 is 0.